The minimum atomic E-state index is -0.160. The summed E-state index contributed by atoms with van der Waals surface area (Å²) in [5, 5.41) is 7.11. The molecule has 0 spiro atoms. The molecular weight excluding hydrogens is 408 g/mol. The van der Waals surface area contributed by atoms with Gasteiger partial charge in [-0.3, -0.25) is 9.78 Å². The Morgan fingerprint density at radius 3 is 2.47 bits per heavy atom. The van der Waals surface area contributed by atoms with Crippen LogP contribution in [-0.4, -0.2) is 34.2 Å². The number of nitrogens with one attached hydrogen (secondary N) is 1. The first-order valence-electron chi connectivity index (χ1n) is 10.9. The zero-order chi connectivity index (χ0) is 22.9. The van der Waals surface area contributed by atoms with Crippen molar-refractivity contribution >= 4 is 5.91 Å². The molecule has 1 amide bonds. The lowest BCUT2D eigenvalue weighted by molar-refractivity contribution is -0.122. The van der Waals surface area contributed by atoms with Crippen molar-refractivity contribution in [2.45, 2.75) is 46.6 Å². The van der Waals surface area contributed by atoms with Gasteiger partial charge in [0.25, 0.3) is 0 Å². The summed E-state index contributed by atoms with van der Waals surface area (Å²) in [5.41, 5.74) is 1.79. The third-order valence-electron chi connectivity index (χ3n) is 4.88. The predicted octanol–water partition coefficient (Wildman–Crippen LogP) is 4.38. The number of ether oxygens (including phenoxy) is 2. The van der Waals surface area contributed by atoms with Crippen molar-refractivity contribution < 1.29 is 18.8 Å². The molecule has 8 nitrogen and oxygen atoms in total. The van der Waals surface area contributed by atoms with E-state index in [-0.39, 0.29) is 24.3 Å². The third-order valence-corrected chi connectivity index (χ3v) is 4.88. The molecule has 0 aliphatic heterocycles. The van der Waals surface area contributed by atoms with Crippen LogP contribution >= 0.6 is 0 Å². The fraction of sp³-hybridized carbons (Fsp3) is 0.417. The van der Waals surface area contributed by atoms with Crippen molar-refractivity contribution in [2.75, 3.05) is 13.2 Å². The standard InChI is InChI=1S/C24H30N4O4/c1-5-30-19-8-7-18(15-20(19)31-6-2)23(16(3)4)26-21(29)9-10-22-27-24(28-32-22)17-11-13-25-14-12-17/h7-8,11-16,23H,5-6,9-10H2,1-4H3,(H,26,29). The lowest BCUT2D eigenvalue weighted by atomic mass is 9.95. The van der Waals surface area contributed by atoms with Crippen LogP contribution in [0.4, 0.5) is 0 Å². The van der Waals surface area contributed by atoms with Crippen molar-refractivity contribution in [1.82, 2.24) is 20.4 Å². The van der Waals surface area contributed by atoms with E-state index >= 15 is 0 Å². The molecule has 3 rings (SSSR count). The molecule has 0 bridgehead atoms. The Bertz CT molecular complexity index is 1000. The summed E-state index contributed by atoms with van der Waals surface area (Å²) < 4.78 is 16.7. The number of carbonyl (C=O) groups is 1. The minimum absolute atomic E-state index is 0.0841. The van der Waals surface area contributed by atoms with Gasteiger partial charge in [-0.25, -0.2) is 0 Å². The van der Waals surface area contributed by atoms with Crippen molar-refractivity contribution in [2.24, 2.45) is 5.92 Å². The Labute approximate surface area is 188 Å². The first-order valence-corrected chi connectivity index (χ1v) is 10.9. The highest BCUT2D eigenvalue weighted by Crippen LogP contribution is 2.33. The molecule has 1 aromatic carbocycles. The van der Waals surface area contributed by atoms with Gasteiger partial charge < -0.3 is 19.3 Å². The fourth-order valence-corrected chi connectivity index (χ4v) is 3.34. The molecule has 2 aromatic heterocycles. The van der Waals surface area contributed by atoms with E-state index in [1.165, 1.54) is 0 Å². The molecule has 170 valence electrons. The van der Waals surface area contributed by atoms with E-state index in [0.717, 1.165) is 11.1 Å². The number of benzene rings is 1. The molecule has 0 radical (unpaired) electrons. The minimum Gasteiger partial charge on any atom is -0.490 e. The highest BCUT2D eigenvalue weighted by Gasteiger charge is 2.21. The lowest BCUT2D eigenvalue weighted by Gasteiger charge is -2.24. The van der Waals surface area contributed by atoms with E-state index in [4.69, 9.17) is 14.0 Å². The number of pyridine rings is 1. The third kappa shape index (κ3) is 6.06. The van der Waals surface area contributed by atoms with Gasteiger partial charge >= 0.3 is 0 Å². The van der Waals surface area contributed by atoms with Gasteiger partial charge in [-0.15, -0.1) is 0 Å². The van der Waals surface area contributed by atoms with E-state index in [2.05, 4.69) is 34.3 Å². The Balaban J connectivity index is 1.64. The van der Waals surface area contributed by atoms with Crippen LogP contribution in [0.2, 0.25) is 0 Å². The molecule has 0 aliphatic carbocycles. The largest absolute Gasteiger partial charge is 0.490 e. The van der Waals surface area contributed by atoms with E-state index in [1.54, 1.807) is 12.4 Å². The summed E-state index contributed by atoms with van der Waals surface area (Å²) in [7, 11) is 0. The van der Waals surface area contributed by atoms with Crippen LogP contribution in [-0.2, 0) is 11.2 Å². The topological polar surface area (TPSA) is 99.4 Å². The number of aromatic nitrogens is 3. The Kier molecular flexibility index (Phi) is 8.19. The number of hydrogen-bond donors (Lipinski definition) is 1. The van der Waals surface area contributed by atoms with E-state index in [9.17, 15) is 4.79 Å². The second kappa shape index (κ2) is 11.3. The van der Waals surface area contributed by atoms with Crippen LogP contribution in [0.15, 0.2) is 47.2 Å². The van der Waals surface area contributed by atoms with Gasteiger partial charge in [-0.2, -0.15) is 4.98 Å². The number of hydrogen-bond acceptors (Lipinski definition) is 7. The molecule has 0 saturated carbocycles. The molecule has 1 atom stereocenters. The Hall–Kier alpha value is -3.42. The summed E-state index contributed by atoms with van der Waals surface area (Å²) in [6, 6.07) is 9.26. The zero-order valence-corrected chi connectivity index (χ0v) is 19.0. The molecule has 1 N–H and O–H groups in total. The molecule has 0 saturated heterocycles. The molecule has 2 heterocycles. The number of amides is 1. The normalized spacial score (nSPS) is 11.9. The average molecular weight is 439 g/mol. The van der Waals surface area contributed by atoms with Gasteiger partial charge in [0, 0.05) is 30.8 Å². The van der Waals surface area contributed by atoms with Crippen LogP contribution < -0.4 is 14.8 Å². The van der Waals surface area contributed by atoms with Crippen LogP contribution in [0.25, 0.3) is 11.4 Å². The van der Waals surface area contributed by atoms with Gasteiger partial charge in [-0.05, 0) is 49.6 Å². The Morgan fingerprint density at radius 2 is 1.78 bits per heavy atom. The smallest absolute Gasteiger partial charge is 0.227 e. The number of rotatable bonds is 11. The lowest BCUT2D eigenvalue weighted by Crippen LogP contribution is -2.32. The van der Waals surface area contributed by atoms with Crippen molar-refractivity contribution in [3.8, 4) is 22.9 Å². The van der Waals surface area contributed by atoms with Crippen molar-refractivity contribution in [1.29, 1.82) is 0 Å². The number of nitrogens with zero attached hydrogens (tertiary/aromatic N) is 3. The maximum Gasteiger partial charge on any atom is 0.227 e. The van der Waals surface area contributed by atoms with Gasteiger partial charge in [0.15, 0.2) is 11.5 Å². The number of aryl methyl sites for hydroxylation is 1. The highest BCUT2D eigenvalue weighted by molar-refractivity contribution is 5.76. The first kappa shape index (κ1) is 23.2. The molecule has 3 aromatic rings. The zero-order valence-electron chi connectivity index (χ0n) is 19.0. The molecule has 0 fully saturated rings. The molecule has 8 heteroatoms. The van der Waals surface area contributed by atoms with E-state index < -0.39 is 0 Å². The molecule has 0 aliphatic rings. The monoisotopic (exact) mass is 438 g/mol. The maximum absolute atomic E-state index is 12.7. The first-order chi connectivity index (χ1) is 15.5. The predicted molar refractivity (Wildman–Crippen MR) is 120 cm³/mol. The number of carbonyl (C=O) groups excluding carboxylic acids is 1. The summed E-state index contributed by atoms with van der Waals surface area (Å²) >= 11 is 0. The van der Waals surface area contributed by atoms with E-state index in [1.807, 2.05) is 44.2 Å². The SMILES string of the molecule is CCOc1ccc(C(NC(=O)CCc2nc(-c3ccncc3)no2)C(C)C)cc1OCC. The Morgan fingerprint density at radius 1 is 1.06 bits per heavy atom. The molecule has 32 heavy (non-hydrogen) atoms. The summed E-state index contributed by atoms with van der Waals surface area (Å²) in [4.78, 5) is 21.0. The van der Waals surface area contributed by atoms with Crippen molar-refractivity contribution in [3.63, 3.8) is 0 Å². The summed E-state index contributed by atoms with van der Waals surface area (Å²) in [6.07, 6.45) is 3.95. The van der Waals surface area contributed by atoms with Crippen LogP contribution in [0.5, 0.6) is 11.5 Å². The quantitative estimate of drug-likeness (QED) is 0.474. The maximum atomic E-state index is 12.7. The van der Waals surface area contributed by atoms with Crippen molar-refractivity contribution in [3.05, 3.63) is 54.2 Å². The van der Waals surface area contributed by atoms with Crippen LogP contribution in [0.1, 0.15) is 51.6 Å². The average Bonchev–Trinajstić information content (AvgIpc) is 3.27. The van der Waals surface area contributed by atoms with Gasteiger partial charge in [0.1, 0.15) is 0 Å². The summed E-state index contributed by atoms with van der Waals surface area (Å²) in [6.45, 7) is 9.10. The van der Waals surface area contributed by atoms with Gasteiger partial charge in [0.05, 0.1) is 19.3 Å². The van der Waals surface area contributed by atoms with Crippen LogP contribution in [0.3, 0.4) is 0 Å². The fourth-order valence-electron chi connectivity index (χ4n) is 3.34. The van der Waals surface area contributed by atoms with Gasteiger partial charge in [-0.1, -0.05) is 25.1 Å². The van der Waals surface area contributed by atoms with Gasteiger partial charge in [0.2, 0.25) is 17.6 Å². The van der Waals surface area contributed by atoms with Crippen LogP contribution in [0, 0.1) is 5.92 Å². The molecular formula is C24H30N4O4. The summed E-state index contributed by atoms with van der Waals surface area (Å²) in [5.74, 6) is 2.40. The van der Waals surface area contributed by atoms with E-state index in [0.29, 0.717) is 42.8 Å². The second-order valence-electron chi connectivity index (χ2n) is 7.61. The second-order valence-corrected chi connectivity index (χ2v) is 7.61. The molecule has 1 unspecified atom stereocenters. The highest BCUT2D eigenvalue weighted by atomic mass is 16.5.